The molecule has 0 aliphatic heterocycles. The summed E-state index contributed by atoms with van der Waals surface area (Å²) in [6.07, 6.45) is 0. The second-order valence-corrected chi connectivity index (χ2v) is 8.43. The van der Waals surface area contributed by atoms with Crippen LogP contribution in [0.4, 0.5) is 17.1 Å². The van der Waals surface area contributed by atoms with Gasteiger partial charge in [-0.1, -0.05) is 36.4 Å². The van der Waals surface area contributed by atoms with Crippen molar-refractivity contribution in [3.8, 4) is 0 Å². The number of amides is 1. The molecule has 0 spiro atoms. The number of rotatable bonds is 6. The molecule has 0 aliphatic rings. The Bertz CT molecular complexity index is 1210. The Balaban J connectivity index is 1.97. The van der Waals surface area contributed by atoms with Crippen LogP contribution in [0.1, 0.15) is 15.9 Å². The highest BCUT2D eigenvalue weighted by molar-refractivity contribution is 7.92. The van der Waals surface area contributed by atoms with Crippen LogP contribution in [0.15, 0.2) is 77.7 Å². The summed E-state index contributed by atoms with van der Waals surface area (Å²) in [4.78, 5) is 23.6. The number of carbonyl (C=O) groups is 1. The van der Waals surface area contributed by atoms with E-state index in [0.717, 1.165) is 4.31 Å². The van der Waals surface area contributed by atoms with Gasteiger partial charge in [0, 0.05) is 13.1 Å². The molecule has 0 fully saturated rings. The molecule has 0 aromatic heterocycles. The molecule has 8 nitrogen and oxygen atoms in total. The number of nitro groups is 1. The van der Waals surface area contributed by atoms with Gasteiger partial charge in [-0.2, -0.15) is 0 Å². The smallest absolute Gasteiger partial charge is 0.274 e. The Morgan fingerprint density at radius 3 is 2.27 bits per heavy atom. The Hall–Kier alpha value is -3.72. The van der Waals surface area contributed by atoms with Crippen molar-refractivity contribution < 1.29 is 18.1 Å². The predicted molar refractivity (Wildman–Crippen MR) is 114 cm³/mol. The van der Waals surface area contributed by atoms with Crippen LogP contribution in [0.3, 0.4) is 0 Å². The van der Waals surface area contributed by atoms with Crippen molar-refractivity contribution in [2.24, 2.45) is 0 Å². The van der Waals surface area contributed by atoms with Gasteiger partial charge in [0.15, 0.2) is 0 Å². The topological polar surface area (TPSA) is 110 Å². The molecule has 0 saturated heterocycles. The summed E-state index contributed by atoms with van der Waals surface area (Å²) in [5.41, 5.74) is 0.758. The third kappa shape index (κ3) is 4.01. The molecule has 0 radical (unpaired) electrons. The fourth-order valence-corrected chi connectivity index (χ4v) is 4.20. The normalized spacial score (nSPS) is 11.0. The molecule has 0 unspecified atom stereocenters. The van der Waals surface area contributed by atoms with Crippen molar-refractivity contribution in [3.05, 3.63) is 94.0 Å². The van der Waals surface area contributed by atoms with Crippen LogP contribution in [-0.2, 0) is 10.0 Å². The fourth-order valence-electron chi connectivity index (χ4n) is 2.97. The van der Waals surface area contributed by atoms with E-state index in [-0.39, 0.29) is 27.5 Å². The predicted octanol–water partition coefficient (Wildman–Crippen LogP) is 3.98. The number of anilines is 2. The Labute approximate surface area is 174 Å². The Morgan fingerprint density at radius 1 is 0.967 bits per heavy atom. The van der Waals surface area contributed by atoms with Crippen LogP contribution in [0.25, 0.3) is 0 Å². The van der Waals surface area contributed by atoms with E-state index in [1.807, 2.05) is 0 Å². The van der Waals surface area contributed by atoms with E-state index in [0.29, 0.717) is 5.56 Å². The minimum absolute atomic E-state index is 0.0947. The van der Waals surface area contributed by atoms with Crippen molar-refractivity contribution in [1.82, 2.24) is 0 Å². The largest absolute Gasteiger partial charge is 0.321 e. The molecule has 0 bridgehead atoms. The van der Waals surface area contributed by atoms with Gasteiger partial charge in [-0.05, 0) is 37.3 Å². The summed E-state index contributed by atoms with van der Waals surface area (Å²) in [5, 5.41) is 13.8. The Kier molecular flexibility index (Phi) is 5.84. The van der Waals surface area contributed by atoms with E-state index in [2.05, 4.69) is 5.32 Å². The first-order chi connectivity index (χ1) is 14.2. The third-order valence-electron chi connectivity index (χ3n) is 4.64. The zero-order valence-electron chi connectivity index (χ0n) is 16.3. The molecule has 3 aromatic carbocycles. The molecule has 3 aromatic rings. The second-order valence-electron chi connectivity index (χ2n) is 6.46. The number of nitrogens with one attached hydrogen (secondary N) is 1. The fraction of sp³-hybridized carbons (Fsp3) is 0.0952. The van der Waals surface area contributed by atoms with Crippen molar-refractivity contribution in [3.63, 3.8) is 0 Å². The number of nitro benzene ring substituents is 1. The lowest BCUT2D eigenvalue weighted by molar-refractivity contribution is -0.385. The highest BCUT2D eigenvalue weighted by Gasteiger charge is 2.25. The van der Waals surface area contributed by atoms with Crippen LogP contribution < -0.4 is 9.62 Å². The van der Waals surface area contributed by atoms with Gasteiger partial charge in [0.05, 0.1) is 32.3 Å². The molecule has 3 rings (SSSR count). The van der Waals surface area contributed by atoms with Crippen molar-refractivity contribution in [2.75, 3.05) is 16.7 Å². The summed E-state index contributed by atoms with van der Waals surface area (Å²) in [5.74, 6) is -0.579. The SMILES string of the molecule is Cc1c(NC(=O)c2ccccc2N(C)S(=O)(=O)c2ccccc2)cccc1[N+](=O)[O-]. The van der Waals surface area contributed by atoms with E-state index in [1.165, 1.54) is 50.4 Å². The minimum atomic E-state index is -3.88. The van der Waals surface area contributed by atoms with E-state index in [1.54, 1.807) is 36.4 Å². The summed E-state index contributed by atoms with van der Waals surface area (Å²) >= 11 is 0. The molecule has 0 heterocycles. The molecule has 154 valence electrons. The van der Waals surface area contributed by atoms with Gasteiger partial charge >= 0.3 is 0 Å². The van der Waals surface area contributed by atoms with Gasteiger partial charge in [-0.25, -0.2) is 8.42 Å². The van der Waals surface area contributed by atoms with Gasteiger partial charge in [0.2, 0.25) is 0 Å². The second kappa shape index (κ2) is 8.34. The van der Waals surface area contributed by atoms with Crippen LogP contribution in [-0.4, -0.2) is 26.3 Å². The molecule has 9 heteroatoms. The van der Waals surface area contributed by atoms with Gasteiger partial charge in [0.25, 0.3) is 21.6 Å². The van der Waals surface area contributed by atoms with Crippen molar-refractivity contribution in [2.45, 2.75) is 11.8 Å². The van der Waals surface area contributed by atoms with Crippen LogP contribution in [0.5, 0.6) is 0 Å². The number of nitrogens with zero attached hydrogens (tertiary/aromatic N) is 2. The van der Waals surface area contributed by atoms with E-state index in [9.17, 15) is 23.3 Å². The first-order valence-corrected chi connectivity index (χ1v) is 10.4. The number of benzene rings is 3. The maximum Gasteiger partial charge on any atom is 0.274 e. The lowest BCUT2D eigenvalue weighted by Gasteiger charge is -2.22. The maximum absolute atomic E-state index is 13.0. The van der Waals surface area contributed by atoms with E-state index < -0.39 is 20.9 Å². The first kappa shape index (κ1) is 21.0. The first-order valence-electron chi connectivity index (χ1n) is 8.92. The summed E-state index contributed by atoms with van der Waals surface area (Å²) in [7, 11) is -2.51. The number of sulfonamides is 1. The average Bonchev–Trinajstić information content (AvgIpc) is 2.75. The molecule has 0 atom stereocenters. The number of carbonyl (C=O) groups excluding carboxylic acids is 1. The average molecular weight is 425 g/mol. The maximum atomic E-state index is 13.0. The quantitative estimate of drug-likeness (QED) is 0.474. The summed E-state index contributed by atoms with van der Waals surface area (Å²) < 4.78 is 27.0. The lowest BCUT2D eigenvalue weighted by Crippen LogP contribution is -2.29. The standard InChI is InChI=1S/C21H19N3O5S/c1-15-18(12-8-14-19(15)24(26)27)22-21(25)17-11-6-7-13-20(17)23(2)30(28,29)16-9-4-3-5-10-16/h3-14H,1-2H3,(H,22,25). The minimum Gasteiger partial charge on any atom is -0.321 e. The summed E-state index contributed by atoms with van der Waals surface area (Å²) in [6.45, 7) is 1.53. The highest BCUT2D eigenvalue weighted by atomic mass is 32.2. The van der Waals surface area contributed by atoms with Crippen LogP contribution in [0.2, 0.25) is 0 Å². The van der Waals surface area contributed by atoms with Crippen molar-refractivity contribution >= 4 is 33.0 Å². The van der Waals surface area contributed by atoms with E-state index in [4.69, 9.17) is 0 Å². The van der Waals surface area contributed by atoms with Gasteiger partial charge in [-0.3, -0.25) is 19.2 Å². The zero-order chi connectivity index (χ0) is 21.9. The third-order valence-corrected chi connectivity index (χ3v) is 6.43. The highest BCUT2D eigenvalue weighted by Crippen LogP contribution is 2.29. The number of para-hydroxylation sites is 1. The van der Waals surface area contributed by atoms with Crippen molar-refractivity contribution in [1.29, 1.82) is 0 Å². The zero-order valence-corrected chi connectivity index (χ0v) is 17.1. The van der Waals surface area contributed by atoms with Crippen LogP contribution >= 0.6 is 0 Å². The lowest BCUT2D eigenvalue weighted by atomic mass is 10.1. The molecule has 0 saturated carbocycles. The molecular weight excluding hydrogens is 406 g/mol. The van der Waals surface area contributed by atoms with Gasteiger partial charge in [-0.15, -0.1) is 0 Å². The van der Waals surface area contributed by atoms with E-state index >= 15 is 0 Å². The molecule has 30 heavy (non-hydrogen) atoms. The molecular formula is C21H19N3O5S. The molecule has 1 N–H and O–H groups in total. The Morgan fingerprint density at radius 2 is 1.60 bits per heavy atom. The van der Waals surface area contributed by atoms with Crippen LogP contribution in [0, 0.1) is 17.0 Å². The summed E-state index contributed by atoms with van der Waals surface area (Å²) in [6, 6.07) is 18.5. The number of hydrogen-bond acceptors (Lipinski definition) is 5. The number of hydrogen-bond donors (Lipinski definition) is 1. The van der Waals surface area contributed by atoms with Gasteiger partial charge < -0.3 is 5.32 Å². The molecule has 0 aliphatic carbocycles. The van der Waals surface area contributed by atoms with Gasteiger partial charge in [0.1, 0.15) is 0 Å². The monoisotopic (exact) mass is 425 g/mol. The molecule has 1 amide bonds.